The van der Waals surface area contributed by atoms with Gasteiger partial charge in [0, 0.05) is 6.20 Å². The molecular formula is C14H22N2O. The largest absolute Gasteiger partial charge is 0.495 e. The van der Waals surface area contributed by atoms with Crippen molar-refractivity contribution in [1.29, 1.82) is 0 Å². The average molecular weight is 234 g/mol. The quantitative estimate of drug-likeness (QED) is 0.737. The van der Waals surface area contributed by atoms with Gasteiger partial charge in [-0.05, 0) is 37.1 Å². The van der Waals surface area contributed by atoms with Crippen LogP contribution >= 0.6 is 0 Å². The van der Waals surface area contributed by atoms with Crippen molar-refractivity contribution in [1.82, 2.24) is 10.3 Å². The lowest BCUT2D eigenvalue weighted by Crippen LogP contribution is -2.20. The molecule has 1 N–H and O–H groups in total. The Bertz CT molecular complexity index is 348. The number of hydrogen-bond acceptors (Lipinski definition) is 3. The zero-order valence-corrected chi connectivity index (χ0v) is 10.9. The van der Waals surface area contributed by atoms with Gasteiger partial charge in [-0.25, -0.2) is 0 Å². The molecule has 0 aliphatic heterocycles. The fourth-order valence-electron chi connectivity index (χ4n) is 1.43. The standard InChI is InChI=1S/C14H22N2O/c1-12(2)9-15-7-5-4-6-13-8-14(17-3)11-16-10-13/h4,6,8,10-12,15H,5,7,9H2,1-3H3/b6-4+. The van der Waals surface area contributed by atoms with Crippen LogP contribution in [-0.2, 0) is 0 Å². The van der Waals surface area contributed by atoms with Crippen molar-refractivity contribution in [3.63, 3.8) is 0 Å². The molecule has 0 spiro atoms. The first-order valence-corrected chi connectivity index (χ1v) is 6.08. The normalized spacial score (nSPS) is 11.3. The van der Waals surface area contributed by atoms with Crippen LogP contribution in [0.2, 0.25) is 0 Å². The van der Waals surface area contributed by atoms with E-state index in [0.717, 1.165) is 30.8 Å². The van der Waals surface area contributed by atoms with Gasteiger partial charge in [0.25, 0.3) is 0 Å². The Morgan fingerprint density at radius 3 is 2.94 bits per heavy atom. The van der Waals surface area contributed by atoms with Crippen molar-refractivity contribution in [2.45, 2.75) is 20.3 Å². The highest BCUT2D eigenvalue weighted by Crippen LogP contribution is 2.11. The van der Waals surface area contributed by atoms with Crippen molar-refractivity contribution in [3.05, 3.63) is 30.1 Å². The summed E-state index contributed by atoms with van der Waals surface area (Å²) in [5.74, 6) is 1.51. The van der Waals surface area contributed by atoms with Crippen LogP contribution < -0.4 is 10.1 Å². The lowest BCUT2D eigenvalue weighted by atomic mass is 10.2. The smallest absolute Gasteiger partial charge is 0.137 e. The molecule has 1 rings (SSSR count). The highest BCUT2D eigenvalue weighted by molar-refractivity contribution is 5.49. The second-order valence-electron chi connectivity index (χ2n) is 4.45. The highest BCUT2D eigenvalue weighted by atomic mass is 16.5. The molecule has 0 aliphatic rings. The van der Waals surface area contributed by atoms with Gasteiger partial charge in [0.15, 0.2) is 0 Å². The van der Waals surface area contributed by atoms with E-state index >= 15 is 0 Å². The van der Waals surface area contributed by atoms with Crippen molar-refractivity contribution >= 4 is 6.08 Å². The van der Waals surface area contributed by atoms with Gasteiger partial charge >= 0.3 is 0 Å². The summed E-state index contributed by atoms with van der Waals surface area (Å²) in [6.07, 6.45) is 8.81. The Labute approximate surface area is 104 Å². The first-order valence-electron chi connectivity index (χ1n) is 6.08. The van der Waals surface area contributed by atoms with Crippen LogP contribution in [0.4, 0.5) is 0 Å². The van der Waals surface area contributed by atoms with Gasteiger partial charge in [-0.2, -0.15) is 0 Å². The van der Waals surface area contributed by atoms with Gasteiger partial charge < -0.3 is 10.1 Å². The van der Waals surface area contributed by atoms with Gasteiger partial charge in [0.2, 0.25) is 0 Å². The van der Waals surface area contributed by atoms with Gasteiger partial charge in [-0.15, -0.1) is 0 Å². The Morgan fingerprint density at radius 2 is 2.24 bits per heavy atom. The van der Waals surface area contributed by atoms with Crippen molar-refractivity contribution in [3.8, 4) is 5.75 Å². The van der Waals surface area contributed by atoms with Crippen LogP contribution in [0.5, 0.6) is 5.75 Å². The SMILES string of the molecule is COc1cncc(/C=C/CCNCC(C)C)c1. The van der Waals surface area contributed by atoms with Crippen molar-refractivity contribution in [2.75, 3.05) is 20.2 Å². The van der Waals surface area contributed by atoms with Crippen LogP contribution in [0.25, 0.3) is 6.08 Å². The zero-order chi connectivity index (χ0) is 12.5. The molecule has 1 aromatic rings. The molecule has 0 aliphatic carbocycles. The fraction of sp³-hybridized carbons (Fsp3) is 0.500. The maximum Gasteiger partial charge on any atom is 0.137 e. The van der Waals surface area contributed by atoms with E-state index in [0.29, 0.717) is 5.92 Å². The van der Waals surface area contributed by atoms with E-state index in [1.165, 1.54) is 0 Å². The lowest BCUT2D eigenvalue weighted by Gasteiger charge is -2.04. The monoisotopic (exact) mass is 234 g/mol. The van der Waals surface area contributed by atoms with Gasteiger partial charge in [-0.1, -0.05) is 26.0 Å². The summed E-state index contributed by atoms with van der Waals surface area (Å²) >= 11 is 0. The molecule has 1 heterocycles. The molecule has 0 aromatic carbocycles. The minimum atomic E-state index is 0.710. The number of aromatic nitrogens is 1. The van der Waals surface area contributed by atoms with E-state index < -0.39 is 0 Å². The van der Waals surface area contributed by atoms with E-state index in [1.807, 2.05) is 12.3 Å². The number of rotatable bonds is 7. The molecular weight excluding hydrogens is 212 g/mol. The second kappa shape index (κ2) is 7.85. The van der Waals surface area contributed by atoms with E-state index in [-0.39, 0.29) is 0 Å². The van der Waals surface area contributed by atoms with Crippen LogP contribution in [0.15, 0.2) is 24.5 Å². The predicted octanol–water partition coefficient (Wildman–Crippen LogP) is 2.74. The molecule has 0 atom stereocenters. The molecule has 3 heteroatoms. The Balaban J connectivity index is 2.28. The zero-order valence-electron chi connectivity index (χ0n) is 10.9. The third-order valence-electron chi connectivity index (χ3n) is 2.32. The molecule has 0 unspecified atom stereocenters. The molecule has 1 aromatic heterocycles. The summed E-state index contributed by atoms with van der Waals surface area (Å²) in [5, 5.41) is 3.40. The molecule has 0 fully saturated rings. The summed E-state index contributed by atoms with van der Waals surface area (Å²) in [4.78, 5) is 4.10. The number of pyridine rings is 1. The second-order valence-corrected chi connectivity index (χ2v) is 4.45. The predicted molar refractivity (Wildman–Crippen MR) is 72.1 cm³/mol. The Hall–Kier alpha value is -1.35. The first-order chi connectivity index (χ1) is 8.22. The van der Waals surface area contributed by atoms with Gasteiger partial charge in [-0.3, -0.25) is 4.98 Å². The molecule has 94 valence electrons. The lowest BCUT2D eigenvalue weighted by molar-refractivity contribution is 0.413. The van der Waals surface area contributed by atoms with Crippen molar-refractivity contribution < 1.29 is 4.74 Å². The fourth-order valence-corrected chi connectivity index (χ4v) is 1.43. The van der Waals surface area contributed by atoms with Crippen LogP contribution in [0, 0.1) is 5.92 Å². The minimum Gasteiger partial charge on any atom is -0.495 e. The number of hydrogen-bond donors (Lipinski definition) is 1. The third-order valence-corrected chi connectivity index (χ3v) is 2.32. The van der Waals surface area contributed by atoms with Crippen molar-refractivity contribution in [2.24, 2.45) is 5.92 Å². The molecule has 0 bridgehead atoms. The third kappa shape index (κ3) is 6.07. The maximum atomic E-state index is 5.12. The number of nitrogens with zero attached hydrogens (tertiary/aromatic N) is 1. The molecule has 3 nitrogen and oxygen atoms in total. The summed E-state index contributed by atoms with van der Waals surface area (Å²) in [6, 6.07) is 1.98. The van der Waals surface area contributed by atoms with Gasteiger partial charge in [0.1, 0.15) is 5.75 Å². The first kappa shape index (κ1) is 13.7. The topological polar surface area (TPSA) is 34.1 Å². The summed E-state index contributed by atoms with van der Waals surface area (Å²) in [6.45, 7) is 6.52. The molecule has 0 saturated heterocycles. The molecule has 0 amide bonds. The average Bonchev–Trinajstić information content (AvgIpc) is 2.33. The van der Waals surface area contributed by atoms with Gasteiger partial charge in [0.05, 0.1) is 13.3 Å². The number of methoxy groups -OCH3 is 1. The summed E-state index contributed by atoms with van der Waals surface area (Å²) < 4.78 is 5.12. The van der Waals surface area contributed by atoms with E-state index in [2.05, 4.69) is 36.3 Å². The highest BCUT2D eigenvalue weighted by Gasteiger charge is 1.93. The summed E-state index contributed by atoms with van der Waals surface area (Å²) in [5.41, 5.74) is 1.08. The minimum absolute atomic E-state index is 0.710. The van der Waals surface area contributed by atoms with Crippen LogP contribution in [-0.4, -0.2) is 25.2 Å². The van der Waals surface area contributed by atoms with Crippen LogP contribution in [0.1, 0.15) is 25.8 Å². The van der Waals surface area contributed by atoms with E-state index in [4.69, 9.17) is 4.74 Å². The van der Waals surface area contributed by atoms with Crippen LogP contribution in [0.3, 0.4) is 0 Å². The van der Waals surface area contributed by atoms with E-state index in [1.54, 1.807) is 13.3 Å². The summed E-state index contributed by atoms with van der Waals surface area (Å²) in [7, 11) is 1.65. The van der Waals surface area contributed by atoms with E-state index in [9.17, 15) is 0 Å². The maximum absolute atomic E-state index is 5.12. The molecule has 0 radical (unpaired) electrons. The molecule has 0 saturated carbocycles. The number of nitrogens with one attached hydrogen (secondary N) is 1. The number of ether oxygens (including phenoxy) is 1. The molecule has 17 heavy (non-hydrogen) atoms. The Morgan fingerprint density at radius 1 is 1.41 bits per heavy atom. The Kier molecular flexibility index (Phi) is 6.33.